The highest BCUT2D eigenvalue weighted by Crippen LogP contribution is 2.05. The fourth-order valence-corrected chi connectivity index (χ4v) is 1.91. The first kappa shape index (κ1) is 12.2. The maximum absolute atomic E-state index is 11.2. The second-order valence-corrected chi connectivity index (χ2v) is 4.84. The number of nitrogens with one attached hydrogen (secondary N) is 1. The largest absolute Gasteiger partial charge is 0.480 e. The van der Waals surface area contributed by atoms with Crippen LogP contribution < -0.4 is 10.3 Å². The van der Waals surface area contributed by atoms with Crippen molar-refractivity contribution in [3.05, 3.63) is 28.7 Å². The average Bonchev–Trinajstić information content (AvgIpc) is 2.08. The third kappa shape index (κ3) is 3.39. The first-order valence-electron chi connectivity index (χ1n) is 4.19. The minimum absolute atomic E-state index is 0.142. The number of aliphatic carboxylic acids is 1. The topological polar surface area (TPSA) is 105 Å². The van der Waals surface area contributed by atoms with E-state index in [1.807, 2.05) is 4.72 Å². The molecule has 1 heterocycles. The standard InChI is InChI=1S/C8H10N2O5S/c1-10-4-6(2-3-7(10)11)9-16(14,15)5-8(12)13/h2-4,9H,5H2,1H3,(H,12,13). The van der Waals surface area contributed by atoms with E-state index in [4.69, 9.17) is 5.11 Å². The summed E-state index contributed by atoms with van der Waals surface area (Å²) in [5, 5.41) is 8.35. The number of aromatic nitrogens is 1. The van der Waals surface area contributed by atoms with Crippen LogP contribution in [0.2, 0.25) is 0 Å². The Hall–Kier alpha value is -1.83. The Morgan fingerprint density at radius 2 is 2.12 bits per heavy atom. The van der Waals surface area contributed by atoms with Gasteiger partial charge in [0.1, 0.15) is 0 Å². The molecule has 88 valence electrons. The number of carbonyl (C=O) groups is 1. The maximum Gasteiger partial charge on any atom is 0.320 e. The van der Waals surface area contributed by atoms with E-state index >= 15 is 0 Å². The Balaban J connectivity index is 2.93. The molecule has 0 spiro atoms. The molecule has 0 aliphatic heterocycles. The molecule has 0 bridgehead atoms. The van der Waals surface area contributed by atoms with Crippen LogP contribution in [0.5, 0.6) is 0 Å². The molecule has 0 saturated carbocycles. The summed E-state index contributed by atoms with van der Waals surface area (Å²) in [6.45, 7) is 0. The Morgan fingerprint density at radius 1 is 1.50 bits per heavy atom. The van der Waals surface area contributed by atoms with Gasteiger partial charge in [0.05, 0.1) is 5.69 Å². The highest BCUT2D eigenvalue weighted by Gasteiger charge is 2.15. The molecule has 0 aromatic carbocycles. The minimum atomic E-state index is -3.93. The Labute approximate surface area is 91.4 Å². The van der Waals surface area contributed by atoms with Gasteiger partial charge in [-0.1, -0.05) is 0 Å². The van der Waals surface area contributed by atoms with E-state index in [-0.39, 0.29) is 11.2 Å². The maximum atomic E-state index is 11.2. The van der Waals surface area contributed by atoms with E-state index in [0.29, 0.717) is 0 Å². The molecule has 2 N–H and O–H groups in total. The van der Waals surface area contributed by atoms with Crippen LogP contribution in [0.25, 0.3) is 0 Å². The van der Waals surface area contributed by atoms with Crippen molar-refractivity contribution >= 4 is 21.7 Å². The zero-order chi connectivity index (χ0) is 12.3. The van der Waals surface area contributed by atoms with Gasteiger partial charge in [0, 0.05) is 19.3 Å². The molecule has 0 radical (unpaired) electrons. The Bertz CT molecular complexity index is 560. The summed E-state index contributed by atoms with van der Waals surface area (Å²) in [6, 6.07) is 2.44. The van der Waals surface area contributed by atoms with Crippen molar-refractivity contribution in [2.75, 3.05) is 10.5 Å². The third-order valence-corrected chi connectivity index (χ3v) is 2.85. The van der Waals surface area contributed by atoms with E-state index in [9.17, 15) is 18.0 Å². The van der Waals surface area contributed by atoms with E-state index in [1.54, 1.807) is 0 Å². The third-order valence-electron chi connectivity index (χ3n) is 1.67. The molecule has 7 nitrogen and oxygen atoms in total. The van der Waals surface area contributed by atoms with Gasteiger partial charge in [-0.3, -0.25) is 14.3 Å². The van der Waals surface area contributed by atoms with Crippen LogP contribution >= 0.6 is 0 Å². The average molecular weight is 246 g/mol. The number of hydrogen-bond donors (Lipinski definition) is 2. The molecular weight excluding hydrogens is 236 g/mol. The lowest BCUT2D eigenvalue weighted by molar-refractivity contribution is -0.134. The lowest BCUT2D eigenvalue weighted by Gasteiger charge is -2.06. The summed E-state index contributed by atoms with van der Waals surface area (Å²) in [6.07, 6.45) is 1.27. The van der Waals surface area contributed by atoms with E-state index in [1.165, 1.54) is 29.9 Å². The van der Waals surface area contributed by atoms with Gasteiger partial charge in [0.2, 0.25) is 15.6 Å². The van der Waals surface area contributed by atoms with Gasteiger partial charge in [0.25, 0.3) is 0 Å². The summed E-state index contributed by atoms with van der Waals surface area (Å²) in [5.74, 6) is -2.46. The zero-order valence-corrected chi connectivity index (χ0v) is 9.19. The second kappa shape index (κ2) is 4.35. The van der Waals surface area contributed by atoms with Crippen molar-refractivity contribution < 1.29 is 18.3 Å². The number of aryl methyl sites for hydroxylation is 1. The lowest BCUT2D eigenvalue weighted by atomic mass is 10.4. The number of nitrogens with zero attached hydrogens (tertiary/aromatic N) is 1. The van der Waals surface area contributed by atoms with E-state index in [2.05, 4.69) is 0 Å². The molecule has 0 atom stereocenters. The van der Waals surface area contributed by atoms with Crippen molar-refractivity contribution in [2.45, 2.75) is 0 Å². The first-order chi connectivity index (χ1) is 7.30. The summed E-state index contributed by atoms with van der Waals surface area (Å²) in [7, 11) is -2.47. The van der Waals surface area contributed by atoms with Crippen LogP contribution in [0.4, 0.5) is 5.69 Å². The van der Waals surface area contributed by atoms with Crippen LogP contribution in [-0.4, -0.2) is 29.8 Å². The molecule has 1 aromatic rings. The molecule has 8 heteroatoms. The quantitative estimate of drug-likeness (QED) is 0.724. The van der Waals surface area contributed by atoms with Gasteiger partial charge in [-0.15, -0.1) is 0 Å². The monoisotopic (exact) mass is 246 g/mol. The molecule has 0 saturated heterocycles. The van der Waals surface area contributed by atoms with Crippen LogP contribution in [0.15, 0.2) is 23.1 Å². The summed E-state index contributed by atoms with van der Waals surface area (Å²) in [5.41, 5.74) is -0.149. The normalized spacial score (nSPS) is 11.1. The number of carboxylic acid groups (broad SMARTS) is 1. The fourth-order valence-electron chi connectivity index (χ4n) is 1.03. The molecule has 1 rings (SSSR count). The molecular formula is C8H10N2O5S. The minimum Gasteiger partial charge on any atom is -0.480 e. The Morgan fingerprint density at radius 3 is 2.62 bits per heavy atom. The van der Waals surface area contributed by atoms with E-state index < -0.39 is 21.7 Å². The van der Waals surface area contributed by atoms with Gasteiger partial charge >= 0.3 is 5.97 Å². The van der Waals surface area contributed by atoms with Crippen LogP contribution in [-0.2, 0) is 21.9 Å². The first-order valence-corrected chi connectivity index (χ1v) is 5.84. The number of anilines is 1. The number of sulfonamides is 1. The number of pyridine rings is 1. The van der Waals surface area contributed by atoms with Crippen molar-refractivity contribution in [1.29, 1.82) is 0 Å². The molecule has 1 aromatic heterocycles. The molecule has 16 heavy (non-hydrogen) atoms. The number of hydrogen-bond acceptors (Lipinski definition) is 4. The van der Waals surface area contributed by atoms with Gasteiger partial charge in [-0.25, -0.2) is 8.42 Å². The fraction of sp³-hybridized carbons (Fsp3) is 0.250. The number of rotatable bonds is 4. The highest BCUT2D eigenvalue weighted by molar-refractivity contribution is 7.93. The summed E-state index contributed by atoms with van der Waals surface area (Å²) >= 11 is 0. The summed E-state index contributed by atoms with van der Waals surface area (Å²) in [4.78, 5) is 21.3. The van der Waals surface area contributed by atoms with Gasteiger partial charge in [-0.2, -0.15) is 0 Å². The molecule has 0 unspecified atom stereocenters. The van der Waals surface area contributed by atoms with Crippen molar-refractivity contribution in [3.63, 3.8) is 0 Å². The van der Waals surface area contributed by atoms with Crippen molar-refractivity contribution in [3.8, 4) is 0 Å². The molecule has 0 aliphatic rings. The smallest absolute Gasteiger partial charge is 0.320 e. The van der Waals surface area contributed by atoms with Crippen molar-refractivity contribution in [1.82, 2.24) is 4.57 Å². The Kier molecular flexibility index (Phi) is 3.33. The second-order valence-electron chi connectivity index (χ2n) is 3.12. The van der Waals surface area contributed by atoms with Gasteiger partial charge in [-0.05, 0) is 6.07 Å². The predicted molar refractivity (Wildman–Crippen MR) is 56.7 cm³/mol. The van der Waals surface area contributed by atoms with Crippen molar-refractivity contribution in [2.24, 2.45) is 7.05 Å². The zero-order valence-electron chi connectivity index (χ0n) is 8.37. The molecule has 0 amide bonds. The van der Waals surface area contributed by atoms with Gasteiger partial charge in [0.15, 0.2) is 5.75 Å². The highest BCUT2D eigenvalue weighted by atomic mass is 32.2. The van der Waals surface area contributed by atoms with Gasteiger partial charge < -0.3 is 9.67 Å². The lowest BCUT2D eigenvalue weighted by Crippen LogP contribution is -2.23. The molecule has 0 aliphatic carbocycles. The predicted octanol–water partition coefficient (Wildman–Crippen LogP) is -0.788. The summed E-state index contributed by atoms with van der Waals surface area (Å²) < 4.78 is 25.7. The van der Waals surface area contributed by atoms with Crippen LogP contribution in [0.1, 0.15) is 0 Å². The van der Waals surface area contributed by atoms with Crippen LogP contribution in [0, 0.1) is 0 Å². The van der Waals surface area contributed by atoms with Crippen LogP contribution in [0.3, 0.4) is 0 Å². The van der Waals surface area contributed by atoms with E-state index in [0.717, 1.165) is 0 Å². The SMILES string of the molecule is Cn1cc(NS(=O)(=O)CC(=O)O)ccc1=O. The number of carboxylic acids is 1. The molecule has 0 fully saturated rings.